The van der Waals surface area contributed by atoms with Crippen molar-refractivity contribution in [3.8, 4) is 17.6 Å². The Bertz CT molecular complexity index is 1140. The minimum atomic E-state index is -0.417. The number of esters is 1. The molecule has 5 nitrogen and oxygen atoms in total. The van der Waals surface area contributed by atoms with Crippen molar-refractivity contribution >= 4 is 28.5 Å². The van der Waals surface area contributed by atoms with Gasteiger partial charge in [-0.3, -0.25) is 0 Å². The third-order valence-corrected chi connectivity index (χ3v) is 6.86. The van der Waals surface area contributed by atoms with E-state index < -0.39 is 5.97 Å². The van der Waals surface area contributed by atoms with Crippen molar-refractivity contribution < 1.29 is 14.3 Å². The van der Waals surface area contributed by atoms with E-state index in [2.05, 4.69) is 18.0 Å². The van der Waals surface area contributed by atoms with Gasteiger partial charge < -0.3 is 9.47 Å². The molecule has 0 saturated carbocycles. The largest absolute Gasteiger partial charge is 0.494 e. The van der Waals surface area contributed by atoms with Gasteiger partial charge in [0, 0.05) is 6.21 Å². The second-order valence-corrected chi connectivity index (χ2v) is 9.92. The zero-order valence-corrected chi connectivity index (χ0v) is 22.5. The number of aliphatic imine (C=N–C) groups is 1. The predicted octanol–water partition coefficient (Wildman–Crippen LogP) is 8.89. The van der Waals surface area contributed by atoms with Gasteiger partial charge in [-0.1, -0.05) is 64.7 Å². The molecule has 0 saturated heterocycles. The van der Waals surface area contributed by atoms with Crippen LogP contribution in [0.25, 0.3) is 0 Å². The van der Waals surface area contributed by atoms with Crippen molar-refractivity contribution in [2.75, 3.05) is 6.61 Å². The van der Waals surface area contributed by atoms with E-state index in [0.29, 0.717) is 28.5 Å². The molecule has 3 aromatic rings. The summed E-state index contributed by atoms with van der Waals surface area (Å²) >= 11 is 1.42. The van der Waals surface area contributed by atoms with E-state index >= 15 is 0 Å². The van der Waals surface area contributed by atoms with Gasteiger partial charge in [0.05, 0.1) is 17.7 Å². The second-order valence-electron chi connectivity index (χ2n) is 9.02. The fourth-order valence-corrected chi connectivity index (χ4v) is 4.56. The second kappa shape index (κ2) is 16.3. The number of thiophene rings is 1. The molecule has 6 heteroatoms. The van der Waals surface area contributed by atoms with Gasteiger partial charge in [0.15, 0.2) is 0 Å². The van der Waals surface area contributed by atoms with Gasteiger partial charge in [0.1, 0.15) is 22.6 Å². The molecule has 0 amide bonds. The fourth-order valence-electron chi connectivity index (χ4n) is 3.87. The third-order valence-electron chi connectivity index (χ3n) is 6.04. The lowest BCUT2D eigenvalue weighted by Gasteiger charge is -2.08. The number of benzene rings is 2. The van der Waals surface area contributed by atoms with E-state index in [1.54, 1.807) is 36.5 Å². The number of unbranched alkanes of at least 4 members (excludes halogenated alkanes) is 9. The first-order valence-corrected chi connectivity index (χ1v) is 14.1. The molecular formula is C31H36N2O3S. The van der Waals surface area contributed by atoms with E-state index in [1.165, 1.54) is 69.1 Å². The number of carbonyl (C=O) groups is 1. The molecule has 194 valence electrons. The average Bonchev–Trinajstić information content (AvgIpc) is 3.39. The summed E-state index contributed by atoms with van der Waals surface area (Å²) in [6.45, 7) is 2.95. The summed E-state index contributed by atoms with van der Waals surface area (Å²) < 4.78 is 11.3. The van der Waals surface area contributed by atoms with Crippen LogP contribution >= 0.6 is 11.3 Å². The monoisotopic (exact) mass is 516 g/mol. The van der Waals surface area contributed by atoms with Crippen LogP contribution in [0.2, 0.25) is 0 Å². The highest BCUT2D eigenvalue weighted by atomic mass is 32.1. The summed E-state index contributed by atoms with van der Waals surface area (Å²) in [5.74, 6) is 0.804. The molecule has 1 heterocycles. The first kappa shape index (κ1) is 28.1. The predicted molar refractivity (Wildman–Crippen MR) is 151 cm³/mol. The van der Waals surface area contributed by atoms with E-state index in [9.17, 15) is 4.79 Å². The van der Waals surface area contributed by atoms with Gasteiger partial charge in [0.2, 0.25) is 0 Å². The summed E-state index contributed by atoms with van der Waals surface area (Å²) in [6.07, 6.45) is 14.7. The van der Waals surface area contributed by atoms with Gasteiger partial charge in [-0.25, -0.2) is 9.79 Å². The molecule has 0 bridgehead atoms. The zero-order chi connectivity index (χ0) is 26.1. The molecule has 0 unspecified atom stereocenters. The number of carbonyl (C=O) groups excluding carboxylic acids is 1. The molecule has 37 heavy (non-hydrogen) atoms. The van der Waals surface area contributed by atoms with Crippen molar-refractivity contribution in [1.82, 2.24) is 0 Å². The summed E-state index contributed by atoms with van der Waals surface area (Å²) in [6, 6.07) is 18.0. The Hall–Kier alpha value is -3.43. The zero-order valence-electron chi connectivity index (χ0n) is 21.7. The molecule has 2 aromatic carbocycles. The molecule has 0 fully saturated rings. The quantitative estimate of drug-likeness (QED) is 0.0824. The number of nitrogens with zero attached hydrogens (tertiary/aromatic N) is 2. The summed E-state index contributed by atoms with van der Waals surface area (Å²) in [4.78, 5) is 16.9. The Balaban J connectivity index is 1.34. The minimum absolute atomic E-state index is 0.417. The Labute approximate surface area is 224 Å². The SMILES string of the molecule is CCCCCCCCCCCCOc1ccc(C(=O)Oc2ccc(/C=N/c3sccc3C#N)cc2)cc1. The molecule has 0 spiro atoms. The molecule has 0 aliphatic heterocycles. The van der Waals surface area contributed by atoms with Crippen molar-refractivity contribution in [2.45, 2.75) is 71.1 Å². The molecule has 0 atom stereocenters. The van der Waals surface area contributed by atoms with Crippen LogP contribution in [0.4, 0.5) is 5.00 Å². The van der Waals surface area contributed by atoms with Crippen LogP contribution in [0.5, 0.6) is 11.5 Å². The Morgan fingerprint density at radius 2 is 1.49 bits per heavy atom. The lowest BCUT2D eigenvalue weighted by atomic mass is 10.1. The minimum Gasteiger partial charge on any atom is -0.494 e. The Morgan fingerprint density at radius 3 is 2.14 bits per heavy atom. The standard InChI is InChI=1S/C31H36N2O3S/c1-2-3-4-5-6-7-8-9-10-11-21-35-28-18-14-26(15-19-28)31(34)36-29-16-12-25(13-17-29)24-33-30-27(23-32)20-22-37-30/h12-20,22,24H,2-11,21H2,1H3/b33-24+. The van der Waals surface area contributed by atoms with Crippen LogP contribution in [-0.4, -0.2) is 18.8 Å². The van der Waals surface area contributed by atoms with Crippen LogP contribution in [0.1, 0.15) is 92.6 Å². The summed E-state index contributed by atoms with van der Waals surface area (Å²) in [7, 11) is 0. The number of hydrogen-bond donors (Lipinski definition) is 0. The average molecular weight is 517 g/mol. The number of nitriles is 1. The molecule has 3 rings (SSSR count). The maximum atomic E-state index is 12.5. The van der Waals surface area contributed by atoms with Crippen molar-refractivity contribution in [3.63, 3.8) is 0 Å². The first-order valence-electron chi connectivity index (χ1n) is 13.3. The fraction of sp³-hybridized carbons (Fsp3) is 0.387. The van der Waals surface area contributed by atoms with E-state index in [-0.39, 0.29) is 0 Å². The summed E-state index contributed by atoms with van der Waals surface area (Å²) in [5.41, 5.74) is 1.88. The highest BCUT2D eigenvalue weighted by molar-refractivity contribution is 7.14. The summed E-state index contributed by atoms with van der Waals surface area (Å²) in [5, 5.41) is 11.6. The topological polar surface area (TPSA) is 71.7 Å². The Morgan fingerprint density at radius 1 is 0.865 bits per heavy atom. The van der Waals surface area contributed by atoms with E-state index in [1.807, 2.05) is 29.6 Å². The van der Waals surface area contributed by atoms with E-state index in [4.69, 9.17) is 14.7 Å². The van der Waals surface area contributed by atoms with Crippen LogP contribution in [0.3, 0.4) is 0 Å². The van der Waals surface area contributed by atoms with Crippen molar-refractivity contribution in [3.05, 3.63) is 76.7 Å². The van der Waals surface area contributed by atoms with Crippen LogP contribution in [-0.2, 0) is 0 Å². The van der Waals surface area contributed by atoms with Crippen molar-refractivity contribution in [2.24, 2.45) is 4.99 Å². The normalized spacial score (nSPS) is 10.9. The molecule has 0 aliphatic carbocycles. The highest BCUT2D eigenvalue weighted by Gasteiger charge is 2.09. The molecule has 0 aliphatic rings. The molecule has 1 aromatic heterocycles. The maximum Gasteiger partial charge on any atom is 0.343 e. The van der Waals surface area contributed by atoms with Crippen LogP contribution < -0.4 is 9.47 Å². The number of hydrogen-bond acceptors (Lipinski definition) is 6. The van der Waals surface area contributed by atoms with Gasteiger partial charge in [-0.15, -0.1) is 11.3 Å². The first-order chi connectivity index (χ1) is 18.2. The van der Waals surface area contributed by atoms with Gasteiger partial charge >= 0.3 is 5.97 Å². The smallest absolute Gasteiger partial charge is 0.343 e. The van der Waals surface area contributed by atoms with Crippen molar-refractivity contribution in [1.29, 1.82) is 5.26 Å². The number of rotatable bonds is 16. The van der Waals surface area contributed by atoms with Gasteiger partial charge in [-0.2, -0.15) is 5.26 Å². The Kier molecular flexibility index (Phi) is 12.4. The van der Waals surface area contributed by atoms with E-state index in [0.717, 1.165) is 17.7 Å². The number of ether oxygens (including phenoxy) is 2. The lowest BCUT2D eigenvalue weighted by molar-refractivity contribution is 0.0734. The molecular weight excluding hydrogens is 480 g/mol. The van der Waals surface area contributed by atoms with Crippen LogP contribution in [0, 0.1) is 11.3 Å². The van der Waals surface area contributed by atoms with Gasteiger partial charge in [-0.05, 0) is 72.0 Å². The maximum absolute atomic E-state index is 12.5. The molecule has 0 N–H and O–H groups in total. The molecule has 0 radical (unpaired) electrons. The van der Waals surface area contributed by atoms with Crippen LogP contribution in [0.15, 0.2) is 65.0 Å². The van der Waals surface area contributed by atoms with Gasteiger partial charge in [0.25, 0.3) is 0 Å². The highest BCUT2D eigenvalue weighted by Crippen LogP contribution is 2.25. The lowest BCUT2D eigenvalue weighted by Crippen LogP contribution is -2.08. The third kappa shape index (κ3) is 10.2.